The molecule has 6 heteroatoms. The Morgan fingerprint density at radius 2 is 1.79 bits per heavy atom. The normalized spacial score (nSPS) is 21.3. The lowest BCUT2D eigenvalue weighted by atomic mass is 9.98. The van der Waals surface area contributed by atoms with Crippen LogP contribution in [0, 0.1) is 0 Å². The summed E-state index contributed by atoms with van der Waals surface area (Å²) in [5, 5.41) is 6.47. The summed E-state index contributed by atoms with van der Waals surface area (Å²) in [6.45, 7) is 2.65. The van der Waals surface area contributed by atoms with Gasteiger partial charge in [0.15, 0.2) is 11.5 Å². The predicted molar refractivity (Wildman–Crippen MR) is 110 cm³/mol. The van der Waals surface area contributed by atoms with Crippen LogP contribution in [0.5, 0.6) is 11.5 Å². The number of hydrogen-bond acceptors (Lipinski definition) is 5. The van der Waals surface area contributed by atoms with E-state index in [1.165, 1.54) is 6.42 Å². The standard InChI is InChI=1S/C23H25N3O3/c27-23(15-25-11-5-2-6-12-25)26-20(14-19(24-26)17-7-3-1-4-8-17)18-9-10-21-22(13-18)29-16-28-21/h1,3-4,7-10,13,20H,2,5-6,11-12,14-16H2. The highest BCUT2D eigenvalue weighted by molar-refractivity contribution is 6.03. The van der Waals surface area contributed by atoms with Crippen LogP contribution in [-0.2, 0) is 4.79 Å². The van der Waals surface area contributed by atoms with E-state index in [1.807, 2.05) is 48.5 Å². The molecule has 6 nitrogen and oxygen atoms in total. The minimum Gasteiger partial charge on any atom is -0.454 e. The summed E-state index contributed by atoms with van der Waals surface area (Å²) in [4.78, 5) is 15.5. The summed E-state index contributed by atoms with van der Waals surface area (Å²) < 4.78 is 11.0. The Hall–Kier alpha value is -2.86. The zero-order valence-corrected chi connectivity index (χ0v) is 16.4. The van der Waals surface area contributed by atoms with Gasteiger partial charge in [0.1, 0.15) is 0 Å². The molecule has 1 fully saturated rings. The monoisotopic (exact) mass is 391 g/mol. The molecule has 0 N–H and O–H groups in total. The van der Waals surface area contributed by atoms with E-state index in [1.54, 1.807) is 5.01 Å². The van der Waals surface area contributed by atoms with E-state index in [0.717, 1.165) is 54.3 Å². The number of piperidine rings is 1. The molecule has 1 unspecified atom stereocenters. The highest BCUT2D eigenvalue weighted by Gasteiger charge is 2.34. The molecule has 0 aliphatic carbocycles. The maximum atomic E-state index is 13.2. The first kappa shape index (κ1) is 18.2. The molecule has 29 heavy (non-hydrogen) atoms. The number of amides is 1. The second-order valence-corrected chi connectivity index (χ2v) is 7.82. The Kier molecular flexibility index (Phi) is 4.94. The van der Waals surface area contributed by atoms with Crippen LogP contribution in [0.25, 0.3) is 0 Å². The number of nitrogens with zero attached hydrogens (tertiary/aromatic N) is 3. The van der Waals surface area contributed by atoms with Crippen molar-refractivity contribution in [1.29, 1.82) is 0 Å². The highest BCUT2D eigenvalue weighted by atomic mass is 16.7. The molecule has 150 valence electrons. The Balaban J connectivity index is 1.43. The fraction of sp³-hybridized carbons (Fsp3) is 0.391. The van der Waals surface area contributed by atoms with Crippen molar-refractivity contribution in [2.75, 3.05) is 26.4 Å². The van der Waals surface area contributed by atoms with Gasteiger partial charge in [0, 0.05) is 6.42 Å². The fourth-order valence-electron chi connectivity index (χ4n) is 4.31. The van der Waals surface area contributed by atoms with E-state index in [9.17, 15) is 4.79 Å². The van der Waals surface area contributed by atoms with E-state index in [2.05, 4.69) is 4.90 Å². The molecule has 0 aromatic heterocycles. The predicted octanol–water partition coefficient (Wildman–Crippen LogP) is 3.58. The summed E-state index contributed by atoms with van der Waals surface area (Å²) >= 11 is 0. The van der Waals surface area contributed by atoms with Gasteiger partial charge in [0.25, 0.3) is 5.91 Å². The molecule has 0 saturated carbocycles. The molecule has 3 aliphatic rings. The third-order valence-corrected chi connectivity index (χ3v) is 5.86. The smallest absolute Gasteiger partial charge is 0.257 e. The minimum atomic E-state index is -0.128. The van der Waals surface area contributed by atoms with Gasteiger partial charge in [0.05, 0.1) is 18.3 Å². The Morgan fingerprint density at radius 3 is 2.62 bits per heavy atom. The van der Waals surface area contributed by atoms with E-state index < -0.39 is 0 Å². The summed E-state index contributed by atoms with van der Waals surface area (Å²) in [7, 11) is 0. The number of carbonyl (C=O) groups is 1. The number of ether oxygens (including phenoxy) is 2. The molecule has 2 aromatic carbocycles. The average molecular weight is 391 g/mol. The summed E-state index contributed by atoms with van der Waals surface area (Å²) in [6, 6.07) is 15.9. The van der Waals surface area contributed by atoms with Gasteiger partial charge >= 0.3 is 0 Å². The van der Waals surface area contributed by atoms with Crippen LogP contribution in [0.1, 0.15) is 42.9 Å². The van der Waals surface area contributed by atoms with Crippen molar-refractivity contribution in [3.63, 3.8) is 0 Å². The Labute approximate surface area is 170 Å². The number of hydrazone groups is 1. The Morgan fingerprint density at radius 1 is 1.00 bits per heavy atom. The quantitative estimate of drug-likeness (QED) is 0.799. The van der Waals surface area contributed by atoms with E-state index in [4.69, 9.17) is 14.6 Å². The number of rotatable bonds is 4. The molecular formula is C23H25N3O3. The van der Waals surface area contributed by atoms with Gasteiger partial charge in [-0.15, -0.1) is 0 Å². The topological polar surface area (TPSA) is 54.4 Å². The van der Waals surface area contributed by atoms with E-state index in [0.29, 0.717) is 13.0 Å². The van der Waals surface area contributed by atoms with Gasteiger partial charge in [0.2, 0.25) is 6.79 Å². The SMILES string of the molecule is O=C(CN1CCCCC1)N1N=C(c2ccccc2)CC1c1ccc2c(c1)OCO2. The highest BCUT2D eigenvalue weighted by Crippen LogP contribution is 2.39. The second kappa shape index (κ2) is 7.87. The van der Waals surface area contributed by atoms with Gasteiger partial charge in [-0.2, -0.15) is 5.10 Å². The number of carbonyl (C=O) groups excluding carboxylic acids is 1. The van der Waals surface area contributed by atoms with E-state index in [-0.39, 0.29) is 18.7 Å². The van der Waals surface area contributed by atoms with Crippen LogP contribution in [0.2, 0.25) is 0 Å². The number of likely N-dealkylation sites (tertiary alicyclic amines) is 1. The third-order valence-electron chi connectivity index (χ3n) is 5.86. The summed E-state index contributed by atoms with van der Waals surface area (Å²) in [6.07, 6.45) is 4.27. The lowest BCUT2D eigenvalue weighted by Crippen LogP contribution is -2.40. The zero-order valence-electron chi connectivity index (χ0n) is 16.4. The molecule has 3 heterocycles. The largest absolute Gasteiger partial charge is 0.454 e. The molecule has 2 aromatic rings. The van der Waals surface area contributed by atoms with Gasteiger partial charge in [-0.05, 0) is 49.2 Å². The minimum absolute atomic E-state index is 0.0560. The third kappa shape index (κ3) is 3.72. The lowest BCUT2D eigenvalue weighted by Gasteiger charge is -2.29. The first-order valence-corrected chi connectivity index (χ1v) is 10.3. The average Bonchev–Trinajstić information content (AvgIpc) is 3.42. The second-order valence-electron chi connectivity index (χ2n) is 7.82. The molecule has 0 bridgehead atoms. The van der Waals surface area contributed by atoms with Crippen molar-refractivity contribution in [2.45, 2.75) is 31.7 Å². The van der Waals surface area contributed by atoms with Crippen LogP contribution in [0.4, 0.5) is 0 Å². The van der Waals surface area contributed by atoms with Crippen LogP contribution < -0.4 is 9.47 Å². The number of benzene rings is 2. The van der Waals surface area contributed by atoms with Crippen LogP contribution >= 0.6 is 0 Å². The molecular weight excluding hydrogens is 366 g/mol. The molecule has 1 atom stereocenters. The molecule has 3 aliphatic heterocycles. The van der Waals surface area contributed by atoms with Crippen molar-refractivity contribution in [3.8, 4) is 11.5 Å². The number of fused-ring (bicyclic) bond motifs is 1. The van der Waals surface area contributed by atoms with Crippen molar-refractivity contribution < 1.29 is 14.3 Å². The van der Waals surface area contributed by atoms with Gasteiger partial charge < -0.3 is 9.47 Å². The van der Waals surface area contributed by atoms with Crippen molar-refractivity contribution in [2.24, 2.45) is 5.10 Å². The first-order chi connectivity index (χ1) is 14.3. The zero-order chi connectivity index (χ0) is 19.6. The molecule has 1 saturated heterocycles. The van der Waals surface area contributed by atoms with Crippen molar-refractivity contribution in [3.05, 3.63) is 59.7 Å². The van der Waals surface area contributed by atoms with Crippen LogP contribution in [0.15, 0.2) is 53.6 Å². The molecule has 5 rings (SSSR count). The van der Waals surface area contributed by atoms with Crippen molar-refractivity contribution in [1.82, 2.24) is 9.91 Å². The number of hydrogen-bond donors (Lipinski definition) is 0. The Bertz CT molecular complexity index is 922. The molecule has 0 radical (unpaired) electrons. The first-order valence-electron chi connectivity index (χ1n) is 10.3. The maximum Gasteiger partial charge on any atom is 0.257 e. The van der Waals surface area contributed by atoms with Gasteiger partial charge in [-0.25, -0.2) is 5.01 Å². The van der Waals surface area contributed by atoms with Gasteiger partial charge in [-0.3, -0.25) is 9.69 Å². The lowest BCUT2D eigenvalue weighted by molar-refractivity contribution is -0.134. The molecule has 0 spiro atoms. The van der Waals surface area contributed by atoms with E-state index >= 15 is 0 Å². The maximum absolute atomic E-state index is 13.2. The fourth-order valence-corrected chi connectivity index (χ4v) is 4.31. The van der Waals surface area contributed by atoms with Crippen LogP contribution in [0.3, 0.4) is 0 Å². The summed E-state index contributed by atoms with van der Waals surface area (Å²) in [5.74, 6) is 1.54. The summed E-state index contributed by atoms with van der Waals surface area (Å²) in [5.41, 5.74) is 3.03. The molecule has 1 amide bonds. The van der Waals surface area contributed by atoms with Gasteiger partial charge in [-0.1, -0.05) is 42.8 Å². The van der Waals surface area contributed by atoms with Crippen LogP contribution in [-0.4, -0.2) is 48.0 Å². The van der Waals surface area contributed by atoms with Crippen molar-refractivity contribution >= 4 is 11.6 Å².